The molecule has 163 valence electrons. The molecule has 0 bridgehead atoms. The molecule has 1 rings (SSSR count). The van der Waals surface area contributed by atoms with E-state index in [1.54, 1.807) is 0 Å². The second kappa shape index (κ2) is 16.6. The van der Waals surface area contributed by atoms with Crippen LogP contribution in [-0.2, 0) is 17.1 Å². The fourth-order valence-electron chi connectivity index (χ4n) is 2.13. The summed E-state index contributed by atoms with van der Waals surface area (Å²) in [6.07, 6.45) is 0. The van der Waals surface area contributed by atoms with Crippen LogP contribution in [0.1, 0.15) is 20.8 Å². The Morgan fingerprint density at radius 1 is 0.500 bits per heavy atom. The van der Waals surface area contributed by atoms with Crippen molar-refractivity contribution in [1.82, 2.24) is 14.7 Å². The van der Waals surface area contributed by atoms with Crippen molar-refractivity contribution in [2.24, 2.45) is 0 Å². The molecule has 26 heavy (non-hydrogen) atoms. The van der Waals surface area contributed by atoms with E-state index in [9.17, 15) is 0 Å². The molecule has 0 unspecified atom stereocenters. The number of likely N-dealkylation sites (N-methyl/N-ethyl adjacent to an activating group) is 3. The van der Waals surface area contributed by atoms with Gasteiger partial charge in [-0.3, -0.25) is 0 Å². The fraction of sp³-hybridized carbons (Fsp3) is 1.00. The average molecular weight is 476 g/mol. The van der Waals surface area contributed by atoms with Gasteiger partial charge in [-0.05, 0) is 19.6 Å². The Morgan fingerprint density at radius 3 is 0.692 bits per heavy atom. The van der Waals surface area contributed by atoms with Crippen LogP contribution < -0.4 is 37.3 Å². The molecule has 11 nitrogen and oxygen atoms in total. The van der Waals surface area contributed by atoms with Gasteiger partial charge in [-0.15, -0.1) is 20.5 Å². The summed E-state index contributed by atoms with van der Waals surface area (Å²) in [4.78, 5) is 7.70. The first kappa shape index (κ1) is 31.4. The smallest absolute Gasteiger partial charge is 0.301 e. The molecule has 0 atom stereocenters. The van der Waals surface area contributed by atoms with Gasteiger partial charge in [-0.25, -0.2) is 37.3 Å². The van der Waals surface area contributed by atoms with Crippen molar-refractivity contribution in [2.45, 2.75) is 20.8 Å². The molecule has 1 radical (unpaired) electrons. The van der Waals surface area contributed by atoms with E-state index in [1.807, 2.05) is 0 Å². The average Bonchev–Trinajstić information content (AvgIpc) is 2.53. The first-order valence-electron chi connectivity index (χ1n) is 7.70. The van der Waals surface area contributed by atoms with Gasteiger partial charge >= 0.3 is 17.1 Å². The van der Waals surface area contributed by atoms with Gasteiger partial charge < -0.3 is 14.7 Å². The third-order valence-electron chi connectivity index (χ3n) is 3.54. The van der Waals surface area contributed by atoms with Crippen molar-refractivity contribution in [3.05, 3.63) is 0 Å². The second-order valence-corrected chi connectivity index (χ2v) is 6.57. The van der Waals surface area contributed by atoms with E-state index in [2.05, 4.69) is 35.5 Å². The van der Waals surface area contributed by atoms with Crippen molar-refractivity contribution in [3.8, 4) is 0 Å². The maximum absolute atomic E-state index is 8.49. The van der Waals surface area contributed by atoms with Crippen LogP contribution in [0.3, 0.4) is 0 Å². The maximum atomic E-state index is 8.49. The monoisotopic (exact) mass is 474 g/mol. The molecule has 0 amide bonds. The van der Waals surface area contributed by atoms with E-state index >= 15 is 0 Å². The minimum Gasteiger partial charge on any atom is -0.301 e. The molecular formula is C12H27Cl2CuN3O8. The predicted molar refractivity (Wildman–Crippen MR) is 66.3 cm³/mol. The maximum Gasteiger partial charge on any atom is 2.00 e. The van der Waals surface area contributed by atoms with E-state index in [0.29, 0.717) is 0 Å². The Kier molecular flexibility index (Phi) is 20.0. The first-order valence-corrected chi connectivity index (χ1v) is 10.2. The summed E-state index contributed by atoms with van der Waals surface area (Å²) in [5.74, 6) is 0. The Bertz CT molecular complexity index is 259. The molecule has 0 aliphatic carbocycles. The summed E-state index contributed by atoms with van der Waals surface area (Å²) in [6, 6.07) is 0. The van der Waals surface area contributed by atoms with Crippen LogP contribution in [0, 0.1) is 20.5 Å². The Hall–Kier alpha value is 0.659. The van der Waals surface area contributed by atoms with Crippen molar-refractivity contribution >= 4 is 0 Å². The summed E-state index contributed by atoms with van der Waals surface area (Å²) < 4.78 is 67.9. The SMILES string of the molecule is CCN1CCN(CC)CCN(CC)CC1.[Cu+2].[O-][Cl+3]([O-])([O-])[O-].[O-][Cl+3]([O-])([O-])[O-]. The minimum atomic E-state index is -4.94. The van der Waals surface area contributed by atoms with Crippen molar-refractivity contribution in [1.29, 1.82) is 0 Å². The predicted octanol–water partition coefficient (Wildman–Crippen LogP) is -8.55. The molecular weight excluding hydrogens is 449 g/mol. The minimum absolute atomic E-state index is 0. The van der Waals surface area contributed by atoms with Crippen LogP contribution in [-0.4, -0.2) is 73.6 Å². The van der Waals surface area contributed by atoms with Crippen molar-refractivity contribution in [2.75, 3.05) is 58.9 Å². The Balaban J connectivity index is -0.000000401. The molecule has 0 aromatic heterocycles. The van der Waals surface area contributed by atoms with Crippen molar-refractivity contribution in [3.63, 3.8) is 0 Å². The standard InChI is InChI=1S/C12H27N3.2ClHO4.Cu/c1-4-13-7-9-14(5-2)11-12-15(6-3)10-8-13;2*2-1(3,4)5;/h4-12H2,1-3H3;2*(H,2,3,4,5);/q;;;+2/p-2. The van der Waals surface area contributed by atoms with Crippen molar-refractivity contribution < 1.29 is 74.8 Å². The van der Waals surface area contributed by atoms with Gasteiger partial charge in [0.1, 0.15) is 0 Å². The summed E-state index contributed by atoms with van der Waals surface area (Å²) in [7, 11) is -9.89. The van der Waals surface area contributed by atoms with Gasteiger partial charge in [-0.1, -0.05) is 20.8 Å². The summed E-state index contributed by atoms with van der Waals surface area (Å²) >= 11 is 0. The first-order chi connectivity index (χ1) is 11.3. The molecule has 0 spiro atoms. The topological polar surface area (TPSA) is 194 Å². The van der Waals surface area contributed by atoms with Crippen LogP contribution in [0.2, 0.25) is 0 Å². The summed E-state index contributed by atoms with van der Waals surface area (Å²) in [5.41, 5.74) is 0. The van der Waals surface area contributed by atoms with Gasteiger partial charge in [0.15, 0.2) is 0 Å². The van der Waals surface area contributed by atoms with Crippen LogP contribution in [0.4, 0.5) is 0 Å². The van der Waals surface area contributed by atoms with Crippen LogP contribution in [0.15, 0.2) is 0 Å². The number of halogens is 2. The van der Waals surface area contributed by atoms with E-state index in [-0.39, 0.29) is 17.1 Å². The third-order valence-corrected chi connectivity index (χ3v) is 3.54. The zero-order valence-corrected chi connectivity index (χ0v) is 17.5. The zero-order valence-electron chi connectivity index (χ0n) is 15.0. The van der Waals surface area contributed by atoms with E-state index in [0.717, 1.165) is 0 Å². The molecule has 0 aromatic rings. The second-order valence-electron chi connectivity index (χ2n) is 5.06. The molecule has 1 saturated heterocycles. The molecule has 1 fully saturated rings. The summed E-state index contributed by atoms with van der Waals surface area (Å²) in [5, 5.41) is 0. The number of rotatable bonds is 3. The third kappa shape index (κ3) is 29.4. The Labute approximate surface area is 169 Å². The number of hydrogen-bond donors (Lipinski definition) is 0. The van der Waals surface area contributed by atoms with Gasteiger partial charge in [0.2, 0.25) is 0 Å². The molecule has 1 aliphatic heterocycles. The summed E-state index contributed by atoms with van der Waals surface area (Å²) in [6.45, 7) is 17.8. The number of hydrogen-bond acceptors (Lipinski definition) is 11. The normalized spacial score (nSPS) is 18.1. The molecule has 1 aliphatic rings. The van der Waals surface area contributed by atoms with E-state index < -0.39 is 20.5 Å². The van der Waals surface area contributed by atoms with Gasteiger partial charge in [0.05, 0.1) is 0 Å². The van der Waals surface area contributed by atoms with Gasteiger partial charge in [-0.2, -0.15) is 0 Å². The quantitative estimate of drug-likeness (QED) is 0.351. The largest absolute Gasteiger partial charge is 2.00 e. The number of nitrogens with zero attached hydrogens (tertiary/aromatic N) is 3. The fourth-order valence-corrected chi connectivity index (χ4v) is 2.13. The van der Waals surface area contributed by atoms with Gasteiger partial charge in [0.25, 0.3) is 0 Å². The van der Waals surface area contributed by atoms with E-state index in [1.165, 1.54) is 58.9 Å². The van der Waals surface area contributed by atoms with Crippen LogP contribution in [0.25, 0.3) is 0 Å². The van der Waals surface area contributed by atoms with E-state index in [4.69, 9.17) is 37.3 Å². The molecule has 14 heteroatoms. The molecule has 1 heterocycles. The Morgan fingerprint density at radius 2 is 0.615 bits per heavy atom. The van der Waals surface area contributed by atoms with Gasteiger partial charge in [0, 0.05) is 39.3 Å². The zero-order chi connectivity index (χ0) is 20.1. The molecule has 0 aromatic carbocycles. The van der Waals surface area contributed by atoms with Crippen LogP contribution >= 0.6 is 0 Å². The van der Waals surface area contributed by atoms with Crippen LogP contribution in [0.5, 0.6) is 0 Å². The molecule has 0 saturated carbocycles. The molecule has 0 N–H and O–H groups in total.